The standard InChI is InChI=1S/C14H12FN3O.C8H16/c1-19-10-7-5-9(6-8-10)16-14-17-12-4-2-3-11(15)13(12)18-14;1-8(2)6-4-3-5-7-8/h2-8H,1H3,(H2,16,17,18);3-7H2,1-2H3. The number of fused-ring (bicyclic) bond motifs is 1. The Labute approximate surface area is 160 Å². The highest BCUT2D eigenvalue weighted by Gasteiger charge is 2.19. The van der Waals surface area contributed by atoms with Crippen LogP contribution in [0.2, 0.25) is 0 Å². The second-order valence-electron chi connectivity index (χ2n) is 7.80. The van der Waals surface area contributed by atoms with Crippen molar-refractivity contribution in [1.29, 1.82) is 0 Å². The lowest BCUT2D eigenvalue weighted by molar-refractivity contribution is 0.244. The molecule has 1 heterocycles. The minimum atomic E-state index is -0.337. The Bertz CT molecular complexity index is 863. The average Bonchev–Trinajstić information content (AvgIpc) is 3.07. The Morgan fingerprint density at radius 3 is 2.30 bits per heavy atom. The van der Waals surface area contributed by atoms with Gasteiger partial charge in [-0.05, 0) is 54.7 Å². The fourth-order valence-corrected chi connectivity index (χ4v) is 3.38. The number of hydrogen-bond donors (Lipinski definition) is 2. The molecule has 0 amide bonds. The van der Waals surface area contributed by atoms with Crippen LogP contribution in [0.1, 0.15) is 46.0 Å². The summed E-state index contributed by atoms with van der Waals surface area (Å²) in [7, 11) is 1.62. The van der Waals surface area contributed by atoms with Crippen LogP contribution in [0.5, 0.6) is 5.75 Å². The van der Waals surface area contributed by atoms with Crippen molar-refractivity contribution in [3.63, 3.8) is 0 Å². The number of nitrogens with one attached hydrogen (secondary N) is 2. The van der Waals surface area contributed by atoms with Gasteiger partial charge in [-0.25, -0.2) is 9.37 Å². The van der Waals surface area contributed by atoms with Gasteiger partial charge in [0.25, 0.3) is 0 Å². The molecule has 4 rings (SSSR count). The summed E-state index contributed by atoms with van der Waals surface area (Å²) < 4.78 is 18.6. The van der Waals surface area contributed by atoms with E-state index >= 15 is 0 Å². The fourth-order valence-electron chi connectivity index (χ4n) is 3.38. The van der Waals surface area contributed by atoms with Crippen molar-refractivity contribution in [3.05, 3.63) is 48.3 Å². The van der Waals surface area contributed by atoms with Gasteiger partial charge in [0, 0.05) is 5.69 Å². The summed E-state index contributed by atoms with van der Waals surface area (Å²) in [6.45, 7) is 4.76. The molecule has 3 aromatic rings. The summed E-state index contributed by atoms with van der Waals surface area (Å²) in [5.74, 6) is 0.947. The van der Waals surface area contributed by atoms with Gasteiger partial charge >= 0.3 is 0 Å². The molecular formula is C22H28FN3O. The number of nitrogens with zero attached hydrogens (tertiary/aromatic N) is 1. The number of para-hydroxylation sites is 1. The number of anilines is 2. The number of imidazole rings is 1. The maximum Gasteiger partial charge on any atom is 0.205 e. The van der Waals surface area contributed by atoms with Crippen LogP contribution < -0.4 is 10.1 Å². The van der Waals surface area contributed by atoms with Gasteiger partial charge in [-0.15, -0.1) is 0 Å². The Kier molecular flexibility index (Phi) is 5.99. The molecule has 5 heteroatoms. The lowest BCUT2D eigenvalue weighted by Gasteiger charge is -2.28. The van der Waals surface area contributed by atoms with Gasteiger partial charge in [0.05, 0.1) is 12.6 Å². The molecule has 1 aliphatic rings. The van der Waals surface area contributed by atoms with Crippen LogP contribution in [0.3, 0.4) is 0 Å². The third kappa shape index (κ3) is 5.22. The largest absolute Gasteiger partial charge is 0.497 e. The third-order valence-electron chi connectivity index (χ3n) is 5.02. The maximum atomic E-state index is 13.5. The van der Waals surface area contributed by atoms with E-state index in [2.05, 4.69) is 29.1 Å². The van der Waals surface area contributed by atoms with Crippen LogP contribution in [0, 0.1) is 11.2 Å². The van der Waals surface area contributed by atoms with E-state index in [1.807, 2.05) is 24.3 Å². The van der Waals surface area contributed by atoms with Crippen molar-refractivity contribution in [3.8, 4) is 5.75 Å². The van der Waals surface area contributed by atoms with E-state index in [1.165, 1.54) is 38.2 Å². The van der Waals surface area contributed by atoms with Crippen molar-refractivity contribution >= 4 is 22.7 Å². The fraction of sp³-hybridized carbons (Fsp3) is 0.409. The summed E-state index contributed by atoms with van der Waals surface area (Å²) in [4.78, 5) is 7.20. The zero-order chi connectivity index (χ0) is 19.3. The highest BCUT2D eigenvalue weighted by molar-refractivity contribution is 5.78. The van der Waals surface area contributed by atoms with Crippen LogP contribution in [0.25, 0.3) is 11.0 Å². The monoisotopic (exact) mass is 369 g/mol. The third-order valence-corrected chi connectivity index (χ3v) is 5.02. The molecule has 0 bridgehead atoms. The highest BCUT2D eigenvalue weighted by Crippen LogP contribution is 2.34. The van der Waals surface area contributed by atoms with Gasteiger partial charge in [-0.2, -0.15) is 0 Å². The smallest absolute Gasteiger partial charge is 0.205 e. The molecule has 0 atom stereocenters. The van der Waals surface area contributed by atoms with E-state index < -0.39 is 0 Å². The molecular weight excluding hydrogens is 341 g/mol. The molecule has 144 valence electrons. The Hall–Kier alpha value is -2.56. The molecule has 2 N–H and O–H groups in total. The number of aromatic amines is 1. The predicted molar refractivity (Wildman–Crippen MR) is 109 cm³/mol. The minimum Gasteiger partial charge on any atom is -0.497 e. The van der Waals surface area contributed by atoms with Crippen LogP contribution >= 0.6 is 0 Å². The number of ether oxygens (including phenoxy) is 1. The molecule has 27 heavy (non-hydrogen) atoms. The Morgan fingerprint density at radius 2 is 1.74 bits per heavy atom. The maximum absolute atomic E-state index is 13.5. The molecule has 0 spiro atoms. The molecule has 2 aromatic carbocycles. The van der Waals surface area contributed by atoms with Gasteiger partial charge in [-0.3, -0.25) is 0 Å². The zero-order valence-corrected chi connectivity index (χ0v) is 16.3. The molecule has 0 radical (unpaired) electrons. The summed E-state index contributed by atoms with van der Waals surface area (Å²) in [6, 6.07) is 12.2. The number of H-pyrrole nitrogens is 1. The van der Waals surface area contributed by atoms with Crippen molar-refractivity contribution < 1.29 is 9.13 Å². The average molecular weight is 369 g/mol. The number of rotatable bonds is 3. The first-order valence-electron chi connectivity index (χ1n) is 9.52. The van der Waals surface area contributed by atoms with Crippen molar-refractivity contribution in [2.45, 2.75) is 46.0 Å². The van der Waals surface area contributed by atoms with Crippen LogP contribution in [-0.2, 0) is 0 Å². The first-order valence-corrected chi connectivity index (χ1v) is 9.52. The normalized spacial score (nSPS) is 15.7. The molecule has 1 aromatic heterocycles. The van der Waals surface area contributed by atoms with Gasteiger partial charge in [0.15, 0.2) is 5.82 Å². The first kappa shape index (κ1) is 19.2. The SMILES string of the molecule is CC1(C)CCCCC1.COc1ccc(Nc2nc3c(F)cccc3[nH]2)cc1. The highest BCUT2D eigenvalue weighted by atomic mass is 19.1. The molecule has 4 nitrogen and oxygen atoms in total. The zero-order valence-electron chi connectivity index (χ0n) is 16.3. The van der Waals surface area contributed by atoms with Crippen molar-refractivity contribution in [2.24, 2.45) is 5.41 Å². The molecule has 0 saturated heterocycles. The Balaban J connectivity index is 0.000000221. The van der Waals surface area contributed by atoms with Gasteiger partial charge in [0.1, 0.15) is 11.3 Å². The van der Waals surface area contributed by atoms with Crippen LogP contribution in [0.15, 0.2) is 42.5 Å². The lowest BCUT2D eigenvalue weighted by atomic mass is 9.78. The number of benzene rings is 2. The van der Waals surface area contributed by atoms with E-state index in [4.69, 9.17) is 4.74 Å². The topological polar surface area (TPSA) is 49.9 Å². The molecule has 1 saturated carbocycles. The molecule has 0 unspecified atom stereocenters. The number of methoxy groups -OCH3 is 1. The van der Waals surface area contributed by atoms with Gasteiger partial charge in [-0.1, -0.05) is 39.2 Å². The Morgan fingerprint density at radius 1 is 1.04 bits per heavy atom. The summed E-state index contributed by atoms with van der Waals surface area (Å²) in [5, 5.41) is 3.08. The summed E-state index contributed by atoms with van der Waals surface area (Å²) >= 11 is 0. The first-order chi connectivity index (χ1) is 13.0. The van der Waals surface area contributed by atoms with E-state index in [0.717, 1.165) is 11.4 Å². The number of aromatic nitrogens is 2. The molecule has 0 aliphatic heterocycles. The van der Waals surface area contributed by atoms with Crippen molar-refractivity contribution in [2.75, 3.05) is 12.4 Å². The van der Waals surface area contributed by atoms with Gasteiger partial charge in [0.2, 0.25) is 5.95 Å². The number of hydrogen-bond acceptors (Lipinski definition) is 3. The molecule has 1 aliphatic carbocycles. The van der Waals surface area contributed by atoms with Crippen molar-refractivity contribution in [1.82, 2.24) is 9.97 Å². The molecule has 1 fully saturated rings. The van der Waals surface area contributed by atoms with E-state index in [9.17, 15) is 4.39 Å². The minimum absolute atomic E-state index is 0.332. The van der Waals surface area contributed by atoms with Crippen LogP contribution in [0.4, 0.5) is 16.0 Å². The van der Waals surface area contributed by atoms with E-state index in [0.29, 0.717) is 22.4 Å². The van der Waals surface area contributed by atoms with Gasteiger partial charge < -0.3 is 15.0 Å². The second-order valence-corrected chi connectivity index (χ2v) is 7.80. The quantitative estimate of drug-likeness (QED) is 0.559. The predicted octanol–water partition coefficient (Wildman–Crippen LogP) is 6.43. The lowest BCUT2D eigenvalue weighted by Crippen LogP contribution is -2.14. The summed E-state index contributed by atoms with van der Waals surface area (Å²) in [6.07, 6.45) is 7.31. The number of halogens is 1. The van der Waals surface area contributed by atoms with E-state index in [1.54, 1.807) is 19.2 Å². The summed E-state index contributed by atoms with van der Waals surface area (Å²) in [5.41, 5.74) is 2.52. The second kappa shape index (κ2) is 8.42. The van der Waals surface area contributed by atoms with E-state index in [-0.39, 0.29) is 5.82 Å². The van der Waals surface area contributed by atoms with Crippen LogP contribution in [-0.4, -0.2) is 17.1 Å².